The fraction of sp³-hybridized carbons (Fsp3) is 0.467. The van der Waals surface area contributed by atoms with Crippen molar-refractivity contribution in [1.82, 2.24) is 24.6 Å². The van der Waals surface area contributed by atoms with Crippen LogP contribution in [0.2, 0.25) is 5.02 Å². The smallest absolute Gasteiger partial charge is 0.410 e. The highest BCUT2D eigenvalue weighted by molar-refractivity contribution is 6.37. The number of halogens is 1. The molecule has 10 nitrogen and oxygen atoms in total. The van der Waals surface area contributed by atoms with Gasteiger partial charge in [-0.3, -0.25) is 9.58 Å². The minimum atomic E-state index is -0.551. The number of pyridine rings is 2. The number of benzene rings is 1. The van der Waals surface area contributed by atoms with E-state index in [4.69, 9.17) is 35.8 Å². The van der Waals surface area contributed by atoms with Crippen molar-refractivity contribution >= 4 is 45.3 Å². The van der Waals surface area contributed by atoms with Crippen molar-refractivity contribution in [2.24, 2.45) is 7.05 Å². The zero-order chi connectivity index (χ0) is 29.6. The molecule has 1 aliphatic heterocycles. The van der Waals surface area contributed by atoms with Gasteiger partial charge in [-0.2, -0.15) is 5.10 Å². The number of anilines is 1. The maximum Gasteiger partial charge on any atom is 0.410 e. The summed E-state index contributed by atoms with van der Waals surface area (Å²) in [6.07, 6.45) is 3.44. The Labute approximate surface area is 245 Å². The fourth-order valence-electron chi connectivity index (χ4n) is 5.53. The molecule has 0 aliphatic carbocycles. The third-order valence-electron chi connectivity index (χ3n) is 7.20. The van der Waals surface area contributed by atoms with Crippen LogP contribution in [0.3, 0.4) is 0 Å². The average Bonchev–Trinajstić information content (AvgIpc) is 3.27. The quantitative estimate of drug-likeness (QED) is 0.267. The lowest BCUT2D eigenvalue weighted by atomic mass is 10.0. The molecule has 0 saturated carbocycles. The Balaban J connectivity index is 1.47. The molecule has 0 radical (unpaired) electrons. The number of aromatic nitrogens is 4. The molecular weight excluding hydrogens is 544 g/mol. The summed E-state index contributed by atoms with van der Waals surface area (Å²) in [6, 6.07) is 5.76. The predicted molar refractivity (Wildman–Crippen MR) is 161 cm³/mol. The van der Waals surface area contributed by atoms with Gasteiger partial charge in [0.2, 0.25) is 0 Å². The number of ether oxygens (including phenoxy) is 3. The molecule has 4 heterocycles. The van der Waals surface area contributed by atoms with Gasteiger partial charge in [0.1, 0.15) is 11.4 Å². The van der Waals surface area contributed by atoms with Gasteiger partial charge in [0.15, 0.2) is 12.4 Å². The number of piperazine rings is 1. The molecule has 2 atom stereocenters. The second-order valence-corrected chi connectivity index (χ2v) is 12.1. The molecule has 11 heteroatoms. The number of hydrogen-bond acceptors (Lipinski definition) is 8. The highest BCUT2D eigenvalue weighted by Crippen LogP contribution is 2.39. The third kappa shape index (κ3) is 5.63. The van der Waals surface area contributed by atoms with Crippen molar-refractivity contribution in [3.63, 3.8) is 0 Å². The van der Waals surface area contributed by atoms with Crippen molar-refractivity contribution in [3.05, 3.63) is 41.2 Å². The maximum absolute atomic E-state index is 12.9. The summed E-state index contributed by atoms with van der Waals surface area (Å²) in [4.78, 5) is 26.4. The molecule has 4 aromatic rings. The number of nitrogens with zero attached hydrogens (tertiary/aromatic N) is 6. The first kappa shape index (κ1) is 28.9. The van der Waals surface area contributed by atoms with Crippen molar-refractivity contribution in [3.8, 4) is 17.0 Å². The summed E-state index contributed by atoms with van der Waals surface area (Å²) in [5.41, 5.74) is 4.10. The van der Waals surface area contributed by atoms with Crippen LogP contribution in [-0.4, -0.2) is 75.4 Å². The molecule has 41 heavy (non-hydrogen) atoms. The molecule has 1 saturated heterocycles. The Bertz CT molecular complexity index is 1600. The number of amides is 1. The predicted octanol–water partition coefficient (Wildman–Crippen LogP) is 5.96. The minimum Gasteiger partial charge on any atom is -0.466 e. The second kappa shape index (κ2) is 11.0. The highest BCUT2D eigenvalue weighted by Gasteiger charge is 2.36. The van der Waals surface area contributed by atoms with Crippen LogP contribution in [-0.2, 0) is 16.5 Å². The number of rotatable bonds is 5. The van der Waals surface area contributed by atoms with Gasteiger partial charge in [-0.25, -0.2) is 14.8 Å². The summed E-state index contributed by atoms with van der Waals surface area (Å²) in [5, 5.41) is 6.90. The zero-order valence-corrected chi connectivity index (χ0v) is 25.6. The van der Waals surface area contributed by atoms with E-state index in [-0.39, 0.29) is 25.0 Å². The molecule has 1 amide bonds. The number of fused-ring (bicyclic) bond motifs is 2. The van der Waals surface area contributed by atoms with E-state index >= 15 is 0 Å². The number of hydrogen-bond donors (Lipinski definition) is 0. The molecular formula is C30H37ClN6O4. The number of carbonyl (C=O) groups excluding carboxylic acids is 1. The summed E-state index contributed by atoms with van der Waals surface area (Å²) >= 11 is 6.98. The number of methoxy groups -OCH3 is 1. The van der Waals surface area contributed by atoms with Crippen LogP contribution in [0.5, 0.6) is 5.75 Å². The van der Waals surface area contributed by atoms with Crippen LogP contribution in [0, 0.1) is 6.92 Å². The highest BCUT2D eigenvalue weighted by atomic mass is 35.5. The SMILES string of the molecule is COCOc1c(-c2ccc3c(Cl)c(N4C[C@H](C)N(C(=O)OC(C)(C)C)[C@@H](C)C4)cnc3n2)cc2cn(C)nc2c1C. The van der Waals surface area contributed by atoms with E-state index in [9.17, 15) is 4.79 Å². The summed E-state index contributed by atoms with van der Waals surface area (Å²) < 4.78 is 18.6. The number of aryl methyl sites for hydroxylation is 2. The summed E-state index contributed by atoms with van der Waals surface area (Å²) in [5.74, 6) is 0.665. The molecule has 0 unspecified atom stereocenters. The van der Waals surface area contributed by atoms with Crippen LogP contribution in [0.15, 0.2) is 30.6 Å². The minimum absolute atomic E-state index is 0.0722. The van der Waals surface area contributed by atoms with Crippen LogP contribution >= 0.6 is 11.6 Å². The van der Waals surface area contributed by atoms with Crippen LogP contribution in [0.4, 0.5) is 10.5 Å². The van der Waals surface area contributed by atoms with Crippen LogP contribution < -0.4 is 9.64 Å². The van der Waals surface area contributed by atoms with E-state index in [1.54, 1.807) is 18.0 Å². The molecule has 1 aliphatic rings. The molecule has 0 N–H and O–H groups in total. The zero-order valence-electron chi connectivity index (χ0n) is 24.9. The van der Waals surface area contributed by atoms with Crippen LogP contribution in [0.1, 0.15) is 40.2 Å². The Morgan fingerprint density at radius 3 is 2.54 bits per heavy atom. The Kier molecular flexibility index (Phi) is 7.74. The second-order valence-electron chi connectivity index (χ2n) is 11.7. The third-order valence-corrected chi connectivity index (χ3v) is 7.60. The van der Waals surface area contributed by atoms with Crippen molar-refractivity contribution in [2.45, 2.75) is 59.2 Å². The standard InChI is InChI=1S/C30H37ClN6O4/c1-17-13-36(14-18(2)37(17)29(38)41-30(4,5)6)24-12-32-28-21(25(24)31)9-10-23(33-28)22-11-20-15-35(7)34-26(20)19(3)27(22)40-16-39-8/h9-12,15,17-18H,13-14,16H2,1-8H3/t17-,18-/m0/s1. The monoisotopic (exact) mass is 580 g/mol. The molecule has 3 aromatic heterocycles. The first-order chi connectivity index (χ1) is 19.4. The first-order valence-electron chi connectivity index (χ1n) is 13.7. The van der Waals surface area contributed by atoms with Gasteiger partial charge in [0.25, 0.3) is 0 Å². The Morgan fingerprint density at radius 1 is 1.17 bits per heavy atom. The van der Waals surface area contributed by atoms with Gasteiger partial charge in [0.05, 0.1) is 40.2 Å². The first-order valence-corrected chi connectivity index (χ1v) is 14.1. The summed E-state index contributed by atoms with van der Waals surface area (Å²) in [7, 11) is 3.48. The van der Waals surface area contributed by atoms with Gasteiger partial charge in [-0.15, -0.1) is 0 Å². The Hall–Kier alpha value is -3.63. The normalized spacial score (nSPS) is 17.9. The van der Waals surface area contributed by atoms with E-state index in [1.807, 2.05) is 77.9 Å². The van der Waals surface area contributed by atoms with Crippen molar-refractivity contribution in [2.75, 3.05) is 31.9 Å². The van der Waals surface area contributed by atoms with Gasteiger partial charge in [-0.1, -0.05) is 11.6 Å². The topological polar surface area (TPSA) is 94.8 Å². The largest absolute Gasteiger partial charge is 0.466 e. The Morgan fingerprint density at radius 2 is 1.88 bits per heavy atom. The lowest BCUT2D eigenvalue weighted by Crippen LogP contribution is -2.59. The molecule has 0 spiro atoms. The average molecular weight is 581 g/mol. The fourth-order valence-corrected chi connectivity index (χ4v) is 5.84. The lowest BCUT2D eigenvalue weighted by molar-refractivity contribution is 0.00566. The van der Waals surface area contributed by atoms with Gasteiger partial charge in [-0.05, 0) is 59.7 Å². The molecule has 0 bridgehead atoms. The van der Waals surface area contributed by atoms with Crippen LogP contribution in [0.25, 0.3) is 33.2 Å². The van der Waals surface area contributed by atoms with Crippen molar-refractivity contribution in [1.29, 1.82) is 0 Å². The van der Waals surface area contributed by atoms with E-state index in [1.165, 1.54) is 0 Å². The lowest BCUT2D eigenvalue weighted by Gasteiger charge is -2.45. The molecule has 5 rings (SSSR count). The molecule has 218 valence electrons. The summed E-state index contributed by atoms with van der Waals surface area (Å²) in [6.45, 7) is 13.0. The van der Waals surface area contributed by atoms with E-state index < -0.39 is 5.60 Å². The van der Waals surface area contributed by atoms with Gasteiger partial charge >= 0.3 is 6.09 Å². The van der Waals surface area contributed by atoms with E-state index in [2.05, 4.69) is 10.00 Å². The van der Waals surface area contributed by atoms with Gasteiger partial charge < -0.3 is 19.1 Å². The number of carbonyl (C=O) groups is 1. The molecule has 1 fully saturated rings. The maximum atomic E-state index is 12.9. The van der Waals surface area contributed by atoms with Crippen molar-refractivity contribution < 1.29 is 19.0 Å². The van der Waals surface area contributed by atoms with E-state index in [0.717, 1.165) is 33.1 Å². The van der Waals surface area contributed by atoms with Gasteiger partial charge in [0, 0.05) is 55.3 Å². The molecule has 1 aromatic carbocycles. The van der Waals surface area contributed by atoms with E-state index in [0.29, 0.717) is 35.2 Å².